The van der Waals surface area contributed by atoms with Crippen LogP contribution >= 0.6 is 11.8 Å². The van der Waals surface area contributed by atoms with Gasteiger partial charge in [-0.15, -0.1) is 11.8 Å². The Labute approximate surface area is 202 Å². The van der Waals surface area contributed by atoms with Crippen LogP contribution < -0.4 is 10.6 Å². The van der Waals surface area contributed by atoms with E-state index in [2.05, 4.69) is 24.5 Å². The molecule has 182 valence electrons. The maximum absolute atomic E-state index is 13.1. The Balaban J connectivity index is 2.00. The number of carbonyl (C=O) groups is 2. The number of Topliss-reactive ketones (excluding diaryl/α,β-unsaturated/α-hetero) is 1. The van der Waals surface area contributed by atoms with Crippen molar-refractivity contribution in [1.82, 2.24) is 10.6 Å². The van der Waals surface area contributed by atoms with Crippen molar-refractivity contribution in [2.75, 3.05) is 12.3 Å². The number of ketones is 1. The molecule has 7 heteroatoms. The molecule has 2 aromatic rings. The average molecular weight is 475 g/mol. The van der Waals surface area contributed by atoms with Crippen LogP contribution in [0.5, 0.6) is 0 Å². The summed E-state index contributed by atoms with van der Waals surface area (Å²) in [6.07, 6.45) is 2.59. The largest absolute Gasteiger partial charge is 0.468 e. The molecule has 1 amide bonds. The summed E-state index contributed by atoms with van der Waals surface area (Å²) in [5.74, 6) is 2.43. The first-order valence-electron chi connectivity index (χ1n) is 11.5. The van der Waals surface area contributed by atoms with Gasteiger partial charge in [0, 0.05) is 12.6 Å². The van der Waals surface area contributed by atoms with Gasteiger partial charge in [-0.1, -0.05) is 44.2 Å². The normalized spacial score (nSPS) is 13.5. The van der Waals surface area contributed by atoms with E-state index in [4.69, 9.17) is 9.15 Å². The van der Waals surface area contributed by atoms with E-state index in [1.807, 2.05) is 63.2 Å². The molecule has 1 heterocycles. The summed E-state index contributed by atoms with van der Waals surface area (Å²) in [6.45, 7) is 10.2. The smallest absolute Gasteiger partial charge is 0.407 e. The van der Waals surface area contributed by atoms with Gasteiger partial charge >= 0.3 is 6.09 Å². The number of alkyl carbamates (subject to hydrolysis) is 1. The molecule has 6 nitrogen and oxygen atoms in total. The molecule has 0 spiro atoms. The maximum Gasteiger partial charge on any atom is 0.407 e. The molecule has 0 saturated carbocycles. The number of benzene rings is 1. The Morgan fingerprint density at radius 3 is 2.42 bits per heavy atom. The lowest BCUT2D eigenvalue weighted by molar-refractivity contribution is -0.118. The van der Waals surface area contributed by atoms with E-state index in [1.165, 1.54) is 0 Å². The Hall–Kier alpha value is -2.25. The molecule has 0 fully saturated rings. The van der Waals surface area contributed by atoms with Gasteiger partial charge < -0.3 is 19.8 Å². The summed E-state index contributed by atoms with van der Waals surface area (Å²) >= 11 is 1.55. The second-order valence-electron chi connectivity index (χ2n) is 9.66. The molecule has 2 atom stereocenters. The number of thioether (sulfide) groups is 1. The topological polar surface area (TPSA) is 80.6 Å². The average Bonchev–Trinajstić information content (AvgIpc) is 3.23. The fourth-order valence-electron chi connectivity index (χ4n) is 3.42. The predicted octanol–water partition coefficient (Wildman–Crippen LogP) is 5.22. The minimum Gasteiger partial charge on any atom is -0.468 e. The molecule has 2 rings (SSSR count). The van der Waals surface area contributed by atoms with Crippen molar-refractivity contribution in [2.45, 2.75) is 70.9 Å². The van der Waals surface area contributed by atoms with Crippen LogP contribution in [0.15, 0.2) is 53.1 Å². The van der Waals surface area contributed by atoms with Crippen molar-refractivity contribution in [2.24, 2.45) is 5.92 Å². The van der Waals surface area contributed by atoms with Crippen LogP contribution in [0.25, 0.3) is 0 Å². The maximum atomic E-state index is 13.1. The molecule has 33 heavy (non-hydrogen) atoms. The number of carbonyl (C=O) groups excluding carboxylic acids is 2. The van der Waals surface area contributed by atoms with Crippen LogP contribution in [0.1, 0.15) is 52.4 Å². The molecule has 0 aliphatic carbocycles. The number of amides is 1. The SMILES string of the molecule is CC(C)CC(CNC(Cc1ccccc1)C(=O)CSCc1ccco1)NC(=O)OC(C)(C)C. The van der Waals surface area contributed by atoms with Crippen LogP contribution in [0.3, 0.4) is 0 Å². The van der Waals surface area contributed by atoms with E-state index in [9.17, 15) is 9.59 Å². The van der Waals surface area contributed by atoms with E-state index in [0.29, 0.717) is 30.4 Å². The van der Waals surface area contributed by atoms with Crippen molar-refractivity contribution < 1.29 is 18.7 Å². The van der Waals surface area contributed by atoms with Gasteiger partial charge in [-0.3, -0.25) is 4.79 Å². The number of ether oxygens (including phenoxy) is 1. The first kappa shape index (κ1) is 27.0. The van der Waals surface area contributed by atoms with Crippen molar-refractivity contribution in [1.29, 1.82) is 0 Å². The third-order valence-electron chi connectivity index (χ3n) is 4.83. The summed E-state index contributed by atoms with van der Waals surface area (Å²) < 4.78 is 10.8. The zero-order chi connectivity index (χ0) is 24.3. The number of rotatable bonds is 13. The lowest BCUT2D eigenvalue weighted by Crippen LogP contribution is -2.49. The molecule has 2 N–H and O–H groups in total. The van der Waals surface area contributed by atoms with Gasteiger partial charge in [0.05, 0.1) is 23.8 Å². The lowest BCUT2D eigenvalue weighted by Gasteiger charge is -2.26. The quantitative estimate of drug-likeness (QED) is 0.414. The van der Waals surface area contributed by atoms with Crippen LogP contribution in [0.2, 0.25) is 0 Å². The number of hydrogen-bond donors (Lipinski definition) is 2. The highest BCUT2D eigenvalue weighted by atomic mass is 32.2. The fourth-order valence-corrected chi connectivity index (χ4v) is 4.29. The third kappa shape index (κ3) is 11.4. The summed E-state index contributed by atoms with van der Waals surface area (Å²) in [5, 5.41) is 6.40. The molecule has 0 aliphatic heterocycles. The minimum absolute atomic E-state index is 0.135. The van der Waals surface area contributed by atoms with Crippen molar-refractivity contribution in [3.63, 3.8) is 0 Å². The van der Waals surface area contributed by atoms with Crippen LogP contribution in [-0.4, -0.2) is 41.9 Å². The zero-order valence-corrected chi connectivity index (χ0v) is 21.2. The first-order chi connectivity index (χ1) is 15.6. The van der Waals surface area contributed by atoms with Gasteiger partial charge in [-0.25, -0.2) is 4.79 Å². The lowest BCUT2D eigenvalue weighted by atomic mass is 10.0. The molecule has 1 aromatic carbocycles. The molecular weight excluding hydrogens is 436 g/mol. The van der Waals surface area contributed by atoms with E-state index in [1.54, 1.807) is 18.0 Å². The fraction of sp³-hybridized carbons (Fsp3) is 0.538. The molecule has 2 unspecified atom stereocenters. The summed E-state index contributed by atoms with van der Waals surface area (Å²) in [5.41, 5.74) is 0.539. The highest BCUT2D eigenvalue weighted by Crippen LogP contribution is 2.15. The highest BCUT2D eigenvalue weighted by molar-refractivity contribution is 7.99. The molecule has 0 saturated heterocycles. The van der Waals surface area contributed by atoms with Crippen molar-refractivity contribution in [3.8, 4) is 0 Å². The minimum atomic E-state index is -0.559. The highest BCUT2D eigenvalue weighted by Gasteiger charge is 2.23. The van der Waals surface area contributed by atoms with E-state index in [-0.39, 0.29) is 17.9 Å². The summed E-state index contributed by atoms with van der Waals surface area (Å²) in [4.78, 5) is 25.4. The summed E-state index contributed by atoms with van der Waals surface area (Å²) in [6, 6.07) is 13.3. The third-order valence-corrected chi connectivity index (χ3v) is 5.80. The first-order valence-corrected chi connectivity index (χ1v) is 12.7. The van der Waals surface area contributed by atoms with Crippen molar-refractivity contribution in [3.05, 3.63) is 60.1 Å². The Bertz CT molecular complexity index is 832. The molecule has 1 aromatic heterocycles. The number of nitrogens with one attached hydrogen (secondary N) is 2. The Morgan fingerprint density at radius 1 is 1.09 bits per heavy atom. The van der Waals surface area contributed by atoms with Crippen LogP contribution in [0, 0.1) is 5.92 Å². The van der Waals surface area contributed by atoms with Crippen LogP contribution in [0.4, 0.5) is 4.79 Å². The summed E-state index contributed by atoms with van der Waals surface area (Å²) in [7, 11) is 0. The van der Waals surface area contributed by atoms with Gasteiger partial charge in [0.1, 0.15) is 11.4 Å². The van der Waals surface area contributed by atoms with Crippen molar-refractivity contribution >= 4 is 23.6 Å². The molecule has 0 bridgehead atoms. The monoisotopic (exact) mass is 474 g/mol. The predicted molar refractivity (Wildman–Crippen MR) is 134 cm³/mol. The second kappa shape index (κ2) is 13.5. The molecule has 0 aliphatic rings. The van der Waals surface area contributed by atoms with E-state index < -0.39 is 11.7 Å². The Kier molecular flexibility index (Phi) is 11.0. The Morgan fingerprint density at radius 2 is 1.82 bits per heavy atom. The van der Waals surface area contributed by atoms with Crippen LogP contribution in [-0.2, 0) is 21.7 Å². The standard InChI is InChI=1S/C26H38N2O4S/c1-19(2)14-21(28-25(30)32-26(3,4)5)16-27-23(15-20-10-7-6-8-11-20)24(29)18-33-17-22-12-9-13-31-22/h6-13,19,21,23,27H,14-18H2,1-5H3,(H,28,30). The van der Waals surface area contributed by atoms with E-state index >= 15 is 0 Å². The van der Waals surface area contributed by atoms with Gasteiger partial charge in [-0.2, -0.15) is 0 Å². The second-order valence-corrected chi connectivity index (χ2v) is 10.6. The van der Waals surface area contributed by atoms with Gasteiger partial charge in [-0.05, 0) is 57.2 Å². The molecular formula is C26H38N2O4S. The van der Waals surface area contributed by atoms with E-state index in [0.717, 1.165) is 17.7 Å². The number of hydrogen-bond acceptors (Lipinski definition) is 6. The van der Waals surface area contributed by atoms with Gasteiger partial charge in [0.25, 0.3) is 0 Å². The zero-order valence-electron chi connectivity index (χ0n) is 20.4. The molecule has 0 radical (unpaired) electrons. The number of furan rings is 1. The van der Waals surface area contributed by atoms with Gasteiger partial charge in [0.15, 0.2) is 5.78 Å². The van der Waals surface area contributed by atoms with Gasteiger partial charge in [0.2, 0.25) is 0 Å².